The Morgan fingerprint density at radius 2 is 1.68 bits per heavy atom. The fraction of sp³-hybridized carbons (Fsp3) is 0.553. The lowest BCUT2D eigenvalue weighted by Gasteiger charge is -2.60. The molecule has 1 heterocycles. The second kappa shape index (κ2) is 12.0. The number of hydrogen-bond acceptors (Lipinski definition) is 6. The van der Waals surface area contributed by atoms with Crippen molar-refractivity contribution in [2.45, 2.75) is 112 Å². The highest BCUT2D eigenvalue weighted by Crippen LogP contribution is 2.70. The van der Waals surface area contributed by atoms with Crippen molar-refractivity contribution in [3.8, 4) is 0 Å². The molecule has 1 saturated heterocycles. The van der Waals surface area contributed by atoms with Gasteiger partial charge in [0.1, 0.15) is 11.9 Å². The molecule has 238 valence electrons. The molecule has 1 aromatic rings. The summed E-state index contributed by atoms with van der Waals surface area (Å²) in [5.41, 5.74) is -2.34. The summed E-state index contributed by atoms with van der Waals surface area (Å²) in [6.07, 6.45) is 4.36. The van der Waals surface area contributed by atoms with Crippen molar-refractivity contribution < 1.29 is 29.3 Å². The number of benzene rings is 1. The monoisotopic (exact) mass is 602 g/mol. The van der Waals surface area contributed by atoms with Gasteiger partial charge in [0, 0.05) is 17.6 Å². The van der Waals surface area contributed by atoms with Gasteiger partial charge in [0.25, 0.3) is 0 Å². The number of aliphatic hydroxyl groups is 2. The molecule has 1 aliphatic heterocycles. The number of aliphatic hydroxyl groups excluding tert-OH is 1. The molecule has 1 spiro atoms. The summed E-state index contributed by atoms with van der Waals surface area (Å²) < 4.78 is 6.47. The van der Waals surface area contributed by atoms with E-state index in [1.54, 1.807) is 51.1 Å². The van der Waals surface area contributed by atoms with E-state index < -0.39 is 51.4 Å². The first kappa shape index (κ1) is 33.8. The van der Waals surface area contributed by atoms with Gasteiger partial charge in [0.05, 0.1) is 17.1 Å². The number of hydrogen-bond donors (Lipinski definition) is 2. The predicted molar refractivity (Wildman–Crippen MR) is 173 cm³/mol. The van der Waals surface area contributed by atoms with Crippen molar-refractivity contribution in [1.82, 2.24) is 0 Å². The van der Waals surface area contributed by atoms with Gasteiger partial charge in [0.2, 0.25) is 0 Å². The number of allylic oxidation sites excluding steroid dienone is 6. The van der Waals surface area contributed by atoms with E-state index in [0.717, 1.165) is 11.1 Å². The minimum atomic E-state index is -2.03. The molecule has 6 atom stereocenters. The molecule has 0 unspecified atom stereocenters. The number of carbonyl (C=O) groups excluding carboxylic acids is 3. The van der Waals surface area contributed by atoms with E-state index in [1.165, 1.54) is 0 Å². The topological polar surface area (TPSA) is 101 Å². The lowest BCUT2D eigenvalue weighted by Crippen LogP contribution is -2.70. The number of Topliss-reactive ketones (excluding diaryl/α,β-unsaturated/α-hetero) is 3. The molecule has 6 nitrogen and oxygen atoms in total. The van der Waals surface area contributed by atoms with Gasteiger partial charge in [-0.25, -0.2) is 0 Å². The fourth-order valence-electron chi connectivity index (χ4n) is 7.75. The molecule has 6 heteroatoms. The molecule has 2 bridgehead atoms. The maximum Gasteiger partial charge on any atom is 0.184 e. The first-order chi connectivity index (χ1) is 20.4. The average Bonchev–Trinajstić information content (AvgIpc) is 3.34. The van der Waals surface area contributed by atoms with Gasteiger partial charge in [-0.15, -0.1) is 0 Å². The maximum atomic E-state index is 15.4. The Kier molecular flexibility index (Phi) is 9.23. The molecule has 44 heavy (non-hydrogen) atoms. The quantitative estimate of drug-likeness (QED) is 0.157. The van der Waals surface area contributed by atoms with Crippen molar-refractivity contribution in [3.63, 3.8) is 0 Å². The van der Waals surface area contributed by atoms with Crippen LogP contribution in [0, 0.1) is 22.2 Å². The van der Waals surface area contributed by atoms with Crippen LogP contribution in [0.25, 0.3) is 0 Å². The molecule has 4 rings (SSSR count). The van der Waals surface area contributed by atoms with Crippen LogP contribution in [0.5, 0.6) is 0 Å². The Bertz CT molecular complexity index is 1430. The van der Waals surface area contributed by atoms with Crippen LogP contribution >= 0.6 is 0 Å². The standard InChI is InChI=1S/C38H50O6/c1-23(2)15-17-27-21-37-22-30(35(7,8)43)44-33(37)28(18-16-24(3)4)32(41)38(34(37)42,31(40)26-13-11-10-12-14-26)36(27,9)20-19-29(39)25(5)6/h10-16,27,29-30,39,43H,5,17-22H2,1-4,6-9H3/t27-,29-,30-,36+,37-,38-/m0/s1. The minimum absolute atomic E-state index is 0.190. The Morgan fingerprint density at radius 3 is 2.23 bits per heavy atom. The van der Waals surface area contributed by atoms with Gasteiger partial charge in [0.15, 0.2) is 22.8 Å². The van der Waals surface area contributed by atoms with E-state index in [0.29, 0.717) is 35.3 Å². The first-order valence-corrected chi connectivity index (χ1v) is 15.9. The number of carbonyl (C=O) groups is 3. The van der Waals surface area contributed by atoms with Crippen molar-refractivity contribution in [3.05, 3.63) is 82.7 Å². The Balaban J connectivity index is 2.11. The van der Waals surface area contributed by atoms with E-state index in [2.05, 4.69) is 12.7 Å². The maximum absolute atomic E-state index is 15.4. The van der Waals surface area contributed by atoms with Crippen LogP contribution < -0.4 is 0 Å². The summed E-state index contributed by atoms with van der Waals surface area (Å²) in [6, 6.07) is 8.65. The van der Waals surface area contributed by atoms with Crippen molar-refractivity contribution in [1.29, 1.82) is 0 Å². The van der Waals surface area contributed by atoms with E-state index in [-0.39, 0.29) is 31.6 Å². The molecule has 0 radical (unpaired) electrons. The van der Waals surface area contributed by atoms with Crippen LogP contribution in [-0.2, 0) is 14.3 Å². The van der Waals surface area contributed by atoms with Crippen LogP contribution in [0.2, 0.25) is 0 Å². The van der Waals surface area contributed by atoms with Crippen molar-refractivity contribution >= 4 is 17.3 Å². The van der Waals surface area contributed by atoms with Crippen LogP contribution in [0.4, 0.5) is 0 Å². The summed E-state index contributed by atoms with van der Waals surface area (Å²) >= 11 is 0. The lowest BCUT2D eigenvalue weighted by atomic mass is 9.38. The van der Waals surface area contributed by atoms with Gasteiger partial charge < -0.3 is 14.9 Å². The Morgan fingerprint density at radius 1 is 1.07 bits per heavy atom. The molecular formula is C38H50O6. The summed E-state index contributed by atoms with van der Waals surface area (Å²) in [4.78, 5) is 45.9. The highest BCUT2D eigenvalue weighted by Gasteiger charge is 2.78. The van der Waals surface area contributed by atoms with Gasteiger partial charge in [-0.05, 0) is 91.9 Å². The zero-order chi connectivity index (χ0) is 32.8. The van der Waals surface area contributed by atoms with Gasteiger partial charge in [-0.3, -0.25) is 14.4 Å². The van der Waals surface area contributed by atoms with Crippen LogP contribution in [0.3, 0.4) is 0 Å². The zero-order valence-corrected chi connectivity index (χ0v) is 27.8. The molecular weight excluding hydrogens is 552 g/mol. The largest absolute Gasteiger partial charge is 0.490 e. The average molecular weight is 603 g/mol. The van der Waals surface area contributed by atoms with Gasteiger partial charge >= 0.3 is 0 Å². The lowest BCUT2D eigenvalue weighted by molar-refractivity contribution is -0.166. The third-order valence-corrected chi connectivity index (χ3v) is 10.4. The van der Waals surface area contributed by atoms with E-state index in [9.17, 15) is 10.2 Å². The first-order valence-electron chi connectivity index (χ1n) is 15.9. The molecule has 2 fully saturated rings. The van der Waals surface area contributed by atoms with E-state index >= 15 is 14.4 Å². The second-order valence-electron chi connectivity index (χ2n) is 14.7. The number of ketones is 3. The molecule has 1 saturated carbocycles. The summed E-state index contributed by atoms with van der Waals surface area (Å²) in [6.45, 7) is 18.8. The smallest absolute Gasteiger partial charge is 0.184 e. The highest BCUT2D eigenvalue weighted by molar-refractivity contribution is 6.36. The number of rotatable bonds is 11. The van der Waals surface area contributed by atoms with Crippen LogP contribution in [0.1, 0.15) is 104 Å². The summed E-state index contributed by atoms with van der Waals surface area (Å²) in [5, 5.41) is 22.1. The van der Waals surface area contributed by atoms with E-state index in [1.807, 2.05) is 40.7 Å². The molecule has 2 aliphatic carbocycles. The van der Waals surface area contributed by atoms with Gasteiger partial charge in [-0.1, -0.05) is 72.7 Å². The van der Waals surface area contributed by atoms with Crippen LogP contribution in [-0.4, -0.2) is 45.4 Å². The van der Waals surface area contributed by atoms with Crippen LogP contribution in [0.15, 0.2) is 77.1 Å². The normalized spacial score (nSPS) is 30.3. The predicted octanol–water partition coefficient (Wildman–Crippen LogP) is 7.26. The third-order valence-electron chi connectivity index (χ3n) is 10.4. The SMILES string of the molecule is C=C(C)[C@@H](O)CC[C@]1(C)[C@@H](CC=C(C)C)C[C@]23C[C@@H](C(C)(C)O)OC2=C(CC=C(C)C)C(=O)[C@@]1(C(=O)c1ccccc1)C3=O. The summed E-state index contributed by atoms with van der Waals surface area (Å²) in [5.74, 6) is -1.37. The van der Waals surface area contributed by atoms with Gasteiger partial charge in [-0.2, -0.15) is 0 Å². The second-order valence-corrected chi connectivity index (χ2v) is 14.7. The van der Waals surface area contributed by atoms with Crippen molar-refractivity contribution in [2.24, 2.45) is 22.2 Å². The molecule has 0 amide bonds. The molecule has 2 N–H and O–H groups in total. The molecule has 0 aromatic heterocycles. The number of ether oxygens (including phenoxy) is 1. The van der Waals surface area contributed by atoms with E-state index in [4.69, 9.17) is 4.74 Å². The molecule has 3 aliphatic rings. The Labute approximate surface area is 263 Å². The fourth-order valence-corrected chi connectivity index (χ4v) is 7.75. The Hall–Kier alpha value is -3.09. The third kappa shape index (κ3) is 5.38. The highest BCUT2D eigenvalue weighted by atomic mass is 16.5. The zero-order valence-electron chi connectivity index (χ0n) is 27.8. The number of fused-ring (bicyclic) bond motifs is 1. The summed E-state index contributed by atoms with van der Waals surface area (Å²) in [7, 11) is 0. The van der Waals surface area contributed by atoms with Crippen molar-refractivity contribution in [2.75, 3.05) is 0 Å². The molecule has 1 aromatic carbocycles. The minimum Gasteiger partial charge on any atom is -0.490 e.